The third-order valence-electron chi connectivity index (χ3n) is 0.421. The van der Waals surface area contributed by atoms with Gasteiger partial charge in [0.25, 0.3) is 0 Å². The number of amides is 2. The SMILES string of the molecule is CCOC=NC(N)=O. The molecule has 0 aliphatic rings. The van der Waals surface area contributed by atoms with Crippen LogP contribution in [-0.4, -0.2) is 19.0 Å². The fraction of sp³-hybridized carbons (Fsp3) is 0.500. The zero-order valence-corrected chi connectivity index (χ0v) is 4.63. The van der Waals surface area contributed by atoms with Gasteiger partial charge in [-0.2, -0.15) is 4.99 Å². The zero-order valence-electron chi connectivity index (χ0n) is 4.63. The molecule has 0 atom stereocenters. The predicted octanol–water partition coefficient (Wildman–Crippen LogP) is 0.130. The summed E-state index contributed by atoms with van der Waals surface area (Å²) in [6.07, 6.45) is 1.03. The summed E-state index contributed by atoms with van der Waals surface area (Å²) in [5, 5.41) is 0. The molecule has 0 saturated carbocycles. The van der Waals surface area contributed by atoms with Crippen molar-refractivity contribution in [3.05, 3.63) is 0 Å². The van der Waals surface area contributed by atoms with E-state index in [0.717, 1.165) is 6.40 Å². The number of urea groups is 1. The van der Waals surface area contributed by atoms with Gasteiger partial charge >= 0.3 is 6.03 Å². The second-order valence-corrected chi connectivity index (χ2v) is 1.03. The maximum Gasteiger partial charge on any atom is 0.341 e. The molecule has 0 bridgehead atoms. The number of ether oxygens (including phenoxy) is 1. The van der Waals surface area contributed by atoms with Crippen molar-refractivity contribution in [1.29, 1.82) is 0 Å². The molecule has 4 heteroatoms. The van der Waals surface area contributed by atoms with E-state index in [1.807, 2.05) is 0 Å². The highest BCUT2D eigenvalue weighted by Crippen LogP contribution is 1.67. The number of nitrogens with two attached hydrogens (primary N) is 1. The summed E-state index contributed by atoms with van der Waals surface area (Å²) < 4.78 is 4.55. The number of primary amides is 1. The molecule has 0 radical (unpaired) electrons. The van der Waals surface area contributed by atoms with Gasteiger partial charge in [-0.1, -0.05) is 0 Å². The largest absolute Gasteiger partial charge is 0.483 e. The summed E-state index contributed by atoms with van der Waals surface area (Å²) in [4.78, 5) is 12.9. The van der Waals surface area contributed by atoms with Gasteiger partial charge in [0, 0.05) is 0 Å². The van der Waals surface area contributed by atoms with E-state index in [1.165, 1.54) is 0 Å². The van der Waals surface area contributed by atoms with Crippen LogP contribution >= 0.6 is 0 Å². The van der Waals surface area contributed by atoms with Crippen molar-refractivity contribution in [3.8, 4) is 0 Å². The molecule has 0 aromatic heterocycles. The normalized spacial score (nSPS) is 9.62. The van der Waals surface area contributed by atoms with E-state index in [2.05, 4.69) is 15.5 Å². The van der Waals surface area contributed by atoms with Crippen LogP contribution in [0.25, 0.3) is 0 Å². The topological polar surface area (TPSA) is 64.7 Å². The molecule has 0 fully saturated rings. The van der Waals surface area contributed by atoms with E-state index >= 15 is 0 Å². The van der Waals surface area contributed by atoms with E-state index in [-0.39, 0.29) is 0 Å². The van der Waals surface area contributed by atoms with Crippen molar-refractivity contribution < 1.29 is 9.53 Å². The maximum atomic E-state index is 9.82. The fourth-order valence-corrected chi connectivity index (χ4v) is 0.164. The number of carbonyl (C=O) groups is 1. The van der Waals surface area contributed by atoms with Gasteiger partial charge in [-0.15, -0.1) is 0 Å². The molecule has 0 unspecified atom stereocenters. The lowest BCUT2D eigenvalue weighted by molar-refractivity contribution is 0.255. The quantitative estimate of drug-likeness (QED) is 0.411. The van der Waals surface area contributed by atoms with Gasteiger partial charge in [0.15, 0.2) is 6.40 Å². The summed E-state index contributed by atoms with van der Waals surface area (Å²) in [5.41, 5.74) is 4.62. The molecule has 0 heterocycles. The minimum atomic E-state index is -0.738. The van der Waals surface area contributed by atoms with Crippen LogP contribution in [0, 0.1) is 0 Å². The fourth-order valence-electron chi connectivity index (χ4n) is 0.164. The summed E-state index contributed by atoms with van der Waals surface area (Å²) in [7, 11) is 0. The van der Waals surface area contributed by atoms with E-state index < -0.39 is 6.03 Å². The average Bonchev–Trinajstić information content (AvgIpc) is 1.66. The Hall–Kier alpha value is -1.06. The van der Waals surface area contributed by atoms with E-state index in [0.29, 0.717) is 6.61 Å². The van der Waals surface area contributed by atoms with Crippen LogP contribution in [0.2, 0.25) is 0 Å². The Bertz CT molecular complexity index is 100. The molecular weight excluding hydrogens is 108 g/mol. The first kappa shape index (κ1) is 6.94. The summed E-state index contributed by atoms with van der Waals surface area (Å²) in [6, 6.07) is -0.738. The molecule has 0 aromatic carbocycles. The van der Waals surface area contributed by atoms with Crippen LogP contribution in [0.15, 0.2) is 4.99 Å². The zero-order chi connectivity index (χ0) is 6.41. The first-order chi connectivity index (χ1) is 3.77. The van der Waals surface area contributed by atoms with Gasteiger partial charge in [0.1, 0.15) is 0 Å². The Morgan fingerprint density at radius 3 is 3.00 bits per heavy atom. The molecule has 4 nitrogen and oxygen atoms in total. The third-order valence-corrected chi connectivity index (χ3v) is 0.421. The van der Waals surface area contributed by atoms with Crippen LogP contribution < -0.4 is 5.73 Å². The van der Waals surface area contributed by atoms with Crippen molar-refractivity contribution in [2.24, 2.45) is 10.7 Å². The lowest BCUT2D eigenvalue weighted by atomic mass is 10.9. The number of rotatable bonds is 2. The number of nitrogens with zero attached hydrogens (tertiary/aromatic N) is 1. The number of carbonyl (C=O) groups excluding carboxylic acids is 1. The number of hydrogen-bond acceptors (Lipinski definition) is 2. The van der Waals surface area contributed by atoms with Gasteiger partial charge in [0.2, 0.25) is 0 Å². The van der Waals surface area contributed by atoms with Crippen molar-refractivity contribution >= 4 is 12.4 Å². The molecule has 0 aromatic rings. The molecule has 0 aliphatic heterocycles. The molecule has 2 N–H and O–H groups in total. The van der Waals surface area contributed by atoms with Crippen LogP contribution in [0.3, 0.4) is 0 Å². The molecule has 2 amide bonds. The second kappa shape index (κ2) is 4.11. The van der Waals surface area contributed by atoms with Crippen LogP contribution in [0.5, 0.6) is 0 Å². The second-order valence-electron chi connectivity index (χ2n) is 1.03. The van der Waals surface area contributed by atoms with Crippen LogP contribution in [-0.2, 0) is 4.74 Å². The van der Waals surface area contributed by atoms with Gasteiger partial charge < -0.3 is 10.5 Å². The Kier molecular flexibility index (Phi) is 3.56. The number of aliphatic imine (C=N–C) groups is 1. The minimum absolute atomic E-state index is 0.497. The van der Waals surface area contributed by atoms with Crippen molar-refractivity contribution in [1.82, 2.24) is 0 Å². The molecule has 46 valence electrons. The summed E-state index contributed by atoms with van der Waals surface area (Å²) >= 11 is 0. The third kappa shape index (κ3) is 4.94. The highest BCUT2D eigenvalue weighted by molar-refractivity contribution is 5.79. The maximum absolute atomic E-state index is 9.82. The van der Waals surface area contributed by atoms with E-state index in [9.17, 15) is 4.79 Å². The Labute approximate surface area is 47.3 Å². The van der Waals surface area contributed by atoms with Crippen molar-refractivity contribution in [2.45, 2.75) is 6.92 Å². The Morgan fingerprint density at radius 2 is 2.62 bits per heavy atom. The summed E-state index contributed by atoms with van der Waals surface area (Å²) in [5.74, 6) is 0. The predicted molar refractivity (Wildman–Crippen MR) is 29.7 cm³/mol. The molecule has 0 aliphatic carbocycles. The highest BCUT2D eigenvalue weighted by Gasteiger charge is 1.78. The molecule has 0 saturated heterocycles. The van der Waals surface area contributed by atoms with Crippen LogP contribution in [0.1, 0.15) is 6.92 Å². The molecule has 0 rings (SSSR count). The van der Waals surface area contributed by atoms with Crippen LogP contribution in [0.4, 0.5) is 4.79 Å². The van der Waals surface area contributed by atoms with Crippen molar-refractivity contribution in [2.75, 3.05) is 6.61 Å². The molecule has 8 heavy (non-hydrogen) atoms. The first-order valence-corrected chi connectivity index (χ1v) is 2.21. The van der Waals surface area contributed by atoms with Gasteiger partial charge in [-0.25, -0.2) is 4.79 Å². The first-order valence-electron chi connectivity index (χ1n) is 2.21. The van der Waals surface area contributed by atoms with E-state index in [4.69, 9.17) is 0 Å². The highest BCUT2D eigenvalue weighted by atomic mass is 16.5. The van der Waals surface area contributed by atoms with Gasteiger partial charge in [0.05, 0.1) is 6.61 Å². The lowest BCUT2D eigenvalue weighted by Gasteiger charge is -1.87. The smallest absolute Gasteiger partial charge is 0.341 e. The average molecular weight is 116 g/mol. The minimum Gasteiger partial charge on any atom is -0.483 e. The standard InChI is InChI=1S/C4H8N2O2/c1-2-8-3-6-4(5)7/h3H,2H2,1H3,(H2,5,7). The molecular formula is C4H8N2O2. The van der Waals surface area contributed by atoms with Gasteiger partial charge in [-0.05, 0) is 6.92 Å². The number of hydrogen-bond donors (Lipinski definition) is 1. The molecule has 0 spiro atoms. The van der Waals surface area contributed by atoms with E-state index in [1.54, 1.807) is 6.92 Å². The lowest BCUT2D eigenvalue weighted by Crippen LogP contribution is -2.04. The van der Waals surface area contributed by atoms with Gasteiger partial charge in [-0.3, -0.25) is 0 Å². The Morgan fingerprint density at radius 1 is 2.00 bits per heavy atom. The summed E-state index contributed by atoms with van der Waals surface area (Å²) in [6.45, 7) is 2.28. The Balaban J connectivity index is 3.20. The van der Waals surface area contributed by atoms with Crippen molar-refractivity contribution in [3.63, 3.8) is 0 Å². The monoisotopic (exact) mass is 116 g/mol.